The lowest BCUT2D eigenvalue weighted by Crippen LogP contribution is -2.30. The van der Waals surface area contributed by atoms with Crippen molar-refractivity contribution in [2.24, 2.45) is 17.6 Å². The Bertz CT molecular complexity index is 4960. The van der Waals surface area contributed by atoms with E-state index in [4.69, 9.17) is 49.0 Å². The summed E-state index contributed by atoms with van der Waals surface area (Å²) in [7, 11) is 3.76. The zero-order valence-electron chi connectivity index (χ0n) is 55.1. The topological polar surface area (TPSA) is 400 Å². The number of aromatic nitrogens is 8. The van der Waals surface area contributed by atoms with Crippen molar-refractivity contribution in [2.75, 3.05) is 37.2 Å². The van der Waals surface area contributed by atoms with Crippen molar-refractivity contribution in [3.05, 3.63) is 226 Å². The van der Waals surface area contributed by atoms with Gasteiger partial charge in [0.25, 0.3) is 23.2 Å². The van der Waals surface area contributed by atoms with Crippen molar-refractivity contribution in [1.29, 1.82) is 0 Å². The molecular formula is C65H64ClN13O18S7. The number of nitro groups is 2. The molecule has 0 aliphatic carbocycles. The summed E-state index contributed by atoms with van der Waals surface area (Å²) in [6.45, 7) is 4.96. The monoisotopic (exact) mass is 1570 g/mol. The van der Waals surface area contributed by atoms with Crippen LogP contribution in [0.25, 0.3) is 22.3 Å². The SMILES string of the molecule is COc1ccc(CO[C@@H]2[C@H](C)[C@@H](CCS(=O)(=O)Oc3ccc([N+](=O)[O-])cc3)O[C@H]2n2cnc3c(NC(=O)c4ccccc4)ncnc32)cc1.COc1ccc(CO[C@@H]2[C@H](C)[C@@H](CN)O[C@H]2n2cnc3c(NC(=O)c4ccccc4)ncnc32)cc1.O=[N+]([O-])c1ccc(OS(=O)(=O)Cl)cc1.S=S=S=S=S. The van der Waals surface area contributed by atoms with Crippen molar-refractivity contribution in [2.45, 2.75) is 70.4 Å². The maximum atomic E-state index is 12.9. The quantitative estimate of drug-likeness (QED) is 0.0219. The number of benzene rings is 6. The predicted molar refractivity (Wildman–Crippen MR) is 395 cm³/mol. The summed E-state index contributed by atoms with van der Waals surface area (Å²) in [5.41, 5.74) is 10.2. The number of anilines is 2. The van der Waals surface area contributed by atoms with Crippen LogP contribution in [0.3, 0.4) is 0 Å². The highest BCUT2D eigenvalue weighted by atomic mass is 35.7. The number of nitrogens with two attached hydrogens (primary N) is 1. The smallest absolute Gasteiger partial charge is 0.401 e. The molecule has 4 aromatic heterocycles. The molecule has 0 bridgehead atoms. The summed E-state index contributed by atoms with van der Waals surface area (Å²) in [6.07, 6.45) is 3.03. The molecule has 2 saturated heterocycles. The average molecular weight is 1580 g/mol. The molecule has 0 unspecified atom stereocenters. The lowest BCUT2D eigenvalue weighted by atomic mass is 9.98. The summed E-state index contributed by atoms with van der Waals surface area (Å²) in [4.78, 5) is 71.9. The average Bonchev–Trinajstić information content (AvgIpc) is 1.62. The number of amides is 2. The molecule has 2 fully saturated rings. The second-order valence-electron chi connectivity index (χ2n) is 22.4. The van der Waals surface area contributed by atoms with E-state index in [0.29, 0.717) is 58.2 Å². The van der Waals surface area contributed by atoms with E-state index in [0.717, 1.165) is 41.1 Å². The summed E-state index contributed by atoms with van der Waals surface area (Å²) in [6, 6.07) is 42.1. The highest BCUT2D eigenvalue weighted by Crippen LogP contribution is 2.41. The number of imidazole rings is 2. The van der Waals surface area contributed by atoms with Crippen molar-refractivity contribution >= 4 is 136 Å². The summed E-state index contributed by atoms with van der Waals surface area (Å²) in [5, 5.41) is 26.8. The van der Waals surface area contributed by atoms with Gasteiger partial charge in [0, 0.05) is 103 Å². The third kappa shape index (κ3) is 21.3. The molecular weight excluding hydrogens is 1510 g/mol. The van der Waals surface area contributed by atoms with Crippen LogP contribution in [-0.4, -0.2) is 128 Å². The molecule has 6 aromatic carbocycles. The van der Waals surface area contributed by atoms with Crippen molar-refractivity contribution in [1.82, 2.24) is 39.0 Å². The molecule has 0 saturated carbocycles. The first-order valence-corrected chi connectivity index (χ1v) is 40.0. The van der Waals surface area contributed by atoms with Crippen LogP contribution < -0.4 is 34.2 Å². The van der Waals surface area contributed by atoms with Gasteiger partial charge in [0.15, 0.2) is 46.4 Å². The Morgan fingerprint density at radius 2 is 0.971 bits per heavy atom. The van der Waals surface area contributed by atoms with Crippen LogP contribution in [0.15, 0.2) is 183 Å². The lowest BCUT2D eigenvalue weighted by Gasteiger charge is -2.23. The predicted octanol–water partition coefficient (Wildman–Crippen LogP) is 9.52. The van der Waals surface area contributed by atoms with Gasteiger partial charge in [-0.1, -0.05) is 74.5 Å². The minimum atomic E-state index is -4.11. The molecule has 6 heterocycles. The fourth-order valence-corrected chi connectivity index (χ4v) is 15.0. The van der Waals surface area contributed by atoms with Crippen LogP contribution >= 0.6 is 10.7 Å². The Morgan fingerprint density at radius 3 is 1.35 bits per heavy atom. The summed E-state index contributed by atoms with van der Waals surface area (Å²) >= 11 is 8.89. The maximum absolute atomic E-state index is 12.9. The molecule has 0 radical (unpaired) electrons. The first-order valence-electron chi connectivity index (χ1n) is 30.9. The van der Waals surface area contributed by atoms with E-state index in [1.165, 1.54) is 69.9 Å². The lowest BCUT2D eigenvalue weighted by molar-refractivity contribution is -0.385. The first-order chi connectivity index (χ1) is 50.0. The number of ether oxygens (including phenoxy) is 6. The van der Waals surface area contributed by atoms with Crippen molar-refractivity contribution < 1.29 is 73.1 Å². The van der Waals surface area contributed by atoms with Crippen LogP contribution in [-0.2, 0) is 101 Å². The highest BCUT2D eigenvalue weighted by Gasteiger charge is 2.46. The Kier molecular flexibility index (Phi) is 28.1. The highest BCUT2D eigenvalue weighted by molar-refractivity contribution is 8.59. The second-order valence-corrected chi connectivity index (χ2v) is 31.5. The molecule has 546 valence electrons. The number of nitrogens with zero attached hydrogens (tertiary/aromatic N) is 10. The number of halogens is 1. The number of fused-ring (bicyclic) bond motifs is 2. The molecule has 31 nitrogen and oxygen atoms in total. The van der Waals surface area contributed by atoms with Crippen molar-refractivity contribution in [3.63, 3.8) is 0 Å². The fraction of sp³-hybridized carbons (Fsp3) is 0.262. The maximum Gasteiger partial charge on any atom is 0.401 e. The van der Waals surface area contributed by atoms with E-state index in [2.05, 4.69) is 74.0 Å². The number of carbonyl (C=O) groups is 2. The van der Waals surface area contributed by atoms with Gasteiger partial charge in [0.1, 0.15) is 47.9 Å². The van der Waals surface area contributed by atoms with Gasteiger partial charge in [-0.15, -0.1) is 0 Å². The number of methoxy groups -OCH3 is 2. The second kappa shape index (κ2) is 37.2. The number of non-ortho nitro benzene ring substituents is 2. The van der Waals surface area contributed by atoms with E-state index >= 15 is 0 Å². The molecule has 2 amide bonds. The Morgan fingerprint density at radius 1 is 0.577 bits per heavy atom. The van der Waals surface area contributed by atoms with Crippen LogP contribution in [0.5, 0.6) is 23.0 Å². The number of carbonyl (C=O) groups excluding carboxylic acids is 2. The Hall–Kier alpha value is -9.55. The largest absolute Gasteiger partial charge is 0.497 e. The number of rotatable bonds is 24. The van der Waals surface area contributed by atoms with Crippen LogP contribution in [0.2, 0.25) is 0 Å². The van der Waals surface area contributed by atoms with Crippen LogP contribution in [0.1, 0.15) is 64.6 Å². The van der Waals surface area contributed by atoms with E-state index in [1.807, 2.05) is 72.2 Å². The molecule has 2 aliphatic heterocycles. The van der Waals surface area contributed by atoms with E-state index in [9.17, 15) is 46.7 Å². The zero-order valence-corrected chi connectivity index (χ0v) is 61.6. The van der Waals surface area contributed by atoms with Crippen molar-refractivity contribution in [3.8, 4) is 23.0 Å². The summed E-state index contributed by atoms with van der Waals surface area (Å²) < 4.78 is 95.7. The number of nitrogens with one attached hydrogen (secondary N) is 2. The third-order valence-corrected chi connectivity index (χ3v) is 22.1. The Balaban J connectivity index is 0.000000198. The number of hydrogen-bond donors (Lipinski definition) is 3. The molecule has 2 aliphatic rings. The van der Waals surface area contributed by atoms with Gasteiger partial charge >= 0.3 is 19.4 Å². The first kappa shape index (κ1) is 78.6. The van der Waals surface area contributed by atoms with E-state index in [1.54, 1.807) is 73.6 Å². The van der Waals surface area contributed by atoms with Crippen LogP contribution in [0.4, 0.5) is 23.0 Å². The minimum Gasteiger partial charge on any atom is -0.497 e. The molecule has 104 heavy (non-hydrogen) atoms. The van der Waals surface area contributed by atoms with Gasteiger partial charge in [-0.25, -0.2) is 29.9 Å². The minimum absolute atomic E-state index is 0.0368. The standard InChI is InChI=1S/C33H32N6O9S.C26H28N6O4.C6H4ClNO5S.S5/c1-21-27(16-17-49(43,44)48-26-14-10-24(11-15-26)39(41)42)47-33(29(21)46-18-22-8-12-25(45-2)13-9-22)38-20-36-28-30(34-19-35-31(28)38)37-32(40)23-6-4-3-5-7-23;1-16-20(12-27)36-26(22(16)35-13-17-8-10-19(34-2)11-9-17)32-15-30-21-23(28-14-29-24(21)32)31-25(33)18-6-4-3-5-7-18;7-14(11,12)13-6-3-1-5(2-4-6)8(9)10;1-3-5-4-2/h3-15,19-21,27,29,33H,16-18H2,1-2H3,(H,34,35,37,40);3-11,14-16,20,22,26H,12-13,27H2,1-2H3,(H,28,29,31,33);1-4H;/t21-,27-,29-,33-;16-,20-,22-,26-;;/m11../s1. The third-order valence-electron chi connectivity index (χ3n) is 15.9. The summed E-state index contributed by atoms with van der Waals surface area (Å²) in [5.74, 6) is 0.625. The fourth-order valence-electron chi connectivity index (χ4n) is 10.7. The van der Waals surface area contributed by atoms with E-state index < -0.39 is 54.0 Å². The van der Waals surface area contributed by atoms with Gasteiger partial charge in [-0.2, -0.15) is 16.8 Å². The zero-order chi connectivity index (χ0) is 74.5. The number of nitro benzene ring substituents is 2. The number of hydrogen-bond acceptors (Lipinski definition) is 27. The van der Waals surface area contributed by atoms with Crippen LogP contribution in [0, 0.1) is 32.1 Å². The van der Waals surface area contributed by atoms with Gasteiger partial charge in [0.05, 0.1) is 78.6 Å². The molecule has 39 heteroatoms. The van der Waals surface area contributed by atoms with Gasteiger partial charge in [-0.05, 0) is 90.3 Å². The molecule has 4 N–H and O–H groups in total. The molecule has 0 spiro atoms. The molecule has 12 rings (SSSR count). The molecule has 8 atom stereocenters. The molecule has 10 aromatic rings. The van der Waals surface area contributed by atoms with Gasteiger partial charge in [0.2, 0.25) is 0 Å². The normalized spacial score (nSPS) is 18.2. The van der Waals surface area contributed by atoms with Gasteiger partial charge in [-0.3, -0.25) is 39.0 Å². The van der Waals surface area contributed by atoms with E-state index in [-0.39, 0.29) is 83.3 Å². The van der Waals surface area contributed by atoms with Gasteiger partial charge < -0.3 is 53.2 Å². The Labute approximate surface area is 617 Å².